The molecule has 7 nitrogen and oxygen atoms in total. The molecule has 19 heavy (non-hydrogen) atoms. The van der Waals surface area contributed by atoms with E-state index in [0.29, 0.717) is 0 Å². The van der Waals surface area contributed by atoms with Gasteiger partial charge in [-0.2, -0.15) is 0 Å². The van der Waals surface area contributed by atoms with E-state index in [9.17, 15) is 19.1 Å². The number of aliphatic hydroxyl groups excluding tert-OH is 2. The molecule has 0 amide bonds. The first-order valence-corrected chi connectivity index (χ1v) is 5.81. The Balaban J connectivity index is 2.51. The second-order valence-corrected chi connectivity index (χ2v) is 4.86. The zero-order valence-electron chi connectivity index (χ0n) is 9.84. The van der Waals surface area contributed by atoms with E-state index in [1.54, 1.807) is 0 Å². The van der Waals surface area contributed by atoms with Gasteiger partial charge in [0.25, 0.3) is 5.56 Å². The van der Waals surface area contributed by atoms with Gasteiger partial charge >= 0.3 is 5.69 Å². The molecular formula is C10H12ClFN2O5. The fraction of sp³-hybridized carbons (Fsp3) is 0.600. The Bertz CT molecular complexity index is 598. The molecule has 1 saturated heterocycles. The van der Waals surface area contributed by atoms with Crippen LogP contribution in [0.15, 0.2) is 15.8 Å². The third-order valence-corrected chi connectivity index (χ3v) is 3.34. The first-order chi connectivity index (χ1) is 8.78. The summed E-state index contributed by atoms with van der Waals surface area (Å²) < 4.78 is 20.3. The minimum Gasteiger partial charge on any atom is -0.394 e. The molecule has 0 saturated carbocycles. The first kappa shape index (κ1) is 14.2. The molecule has 2 rings (SSSR count). The Morgan fingerprint density at radius 3 is 2.79 bits per heavy atom. The van der Waals surface area contributed by atoms with Crippen LogP contribution in [0.4, 0.5) is 4.39 Å². The van der Waals surface area contributed by atoms with E-state index in [-0.39, 0.29) is 5.02 Å². The van der Waals surface area contributed by atoms with Crippen molar-refractivity contribution in [2.75, 3.05) is 6.61 Å². The van der Waals surface area contributed by atoms with Crippen molar-refractivity contribution in [3.8, 4) is 0 Å². The molecule has 0 spiro atoms. The minimum atomic E-state index is -2.32. The van der Waals surface area contributed by atoms with Crippen molar-refractivity contribution in [2.24, 2.45) is 0 Å². The number of ether oxygens (including phenoxy) is 1. The van der Waals surface area contributed by atoms with E-state index in [1.165, 1.54) is 0 Å². The second kappa shape index (κ2) is 4.71. The minimum absolute atomic E-state index is 0.319. The summed E-state index contributed by atoms with van der Waals surface area (Å²) in [6, 6.07) is 0. The third kappa shape index (κ3) is 2.20. The smallest absolute Gasteiger partial charge is 0.330 e. The molecule has 0 aromatic carbocycles. The van der Waals surface area contributed by atoms with Gasteiger partial charge in [0.15, 0.2) is 11.9 Å². The highest BCUT2D eigenvalue weighted by atomic mass is 35.5. The summed E-state index contributed by atoms with van der Waals surface area (Å²) in [7, 11) is 0. The maximum atomic E-state index is 14.4. The zero-order chi connectivity index (χ0) is 14.4. The summed E-state index contributed by atoms with van der Waals surface area (Å²) >= 11 is 5.57. The summed E-state index contributed by atoms with van der Waals surface area (Å²) in [5.41, 5.74) is -4.05. The van der Waals surface area contributed by atoms with Crippen LogP contribution in [0.5, 0.6) is 0 Å². The molecule has 3 N–H and O–H groups in total. The average molecular weight is 295 g/mol. The molecule has 0 unspecified atom stereocenters. The fourth-order valence-electron chi connectivity index (χ4n) is 2.00. The van der Waals surface area contributed by atoms with Crippen LogP contribution in [0, 0.1) is 0 Å². The molecule has 1 aliphatic rings. The number of aliphatic hydroxyl groups is 2. The Morgan fingerprint density at radius 2 is 2.26 bits per heavy atom. The van der Waals surface area contributed by atoms with Gasteiger partial charge in [0, 0.05) is 6.20 Å². The Hall–Kier alpha value is -1.22. The monoisotopic (exact) mass is 294 g/mol. The average Bonchev–Trinajstić information content (AvgIpc) is 2.56. The predicted molar refractivity (Wildman–Crippen MR) is 62.8 cm³/mol. The van der Waals surface area contributed by atoms with E-state index in [2.05, 4.69) is 0 Å². The van der Waals surface area contributed by atoms with Crippen LogP contribution in [0.2, 0.25) is 5.02 Å². The van der Waals surface area contributed by atoms with E-state index in [0.717, 1.165) is 17.7 Å². The molecule has 106 valence electrons. The molecule has 1 aliphatic heterocycles. The molecule has 2 heterocycles. The summed E-state index contributed by atoms with van der Waals surface area (Å²) in [6.07, 6.45) is -3.35. The number of aromatic amines is 1. The van der Waals surface area contributed by atoms with Crippen molar-refractivity contribution >= 4 is 11.6 Å². The third-order valence-electron chi connectivity index (χ3n) is 3.07. The lowest BCUT2D eigenvalue weighted by Crippen LogP contribution is -2.43. The van der Waals surface area contributed by atoms with Crippen LogP contribution in [0.1, 0.15) is 13.2 Å². The topological polar surface area (TPSA) is 105 Å². The molecule has 0 bridgehead atoms. The highest BCUT2D eigenvalue weighted by Crippen LogP contribution is 2.40. The quantitative estimate of drug-likeness (QED) is 0.660. The highest BCUT2D eigenvalue weighted by Gasteiger charge is 2.55. The number of nitrogens with zero attached hydrogens (tertiary/aromatic N) is 1. The molecule has 0 aliphatic carbocycles. The Kier molecular flexibility index (Phi) is 3.52. The summed E-state index contributed by atoms with van der Waals surface area (Å²) in [5, 5.41) is 18.3. The molecule has 0 radical (unpaired) electrons. The number of nitrogens with one attached hydrogen (secondary N) is 1. The van der Waals surface area contributed by atoms with Gasteiger partial charge in [-0.25, -0.2) is 9.18 Å². The Morgan fingerprint density at radius 1 is 1.63 bits per heavy atom. The maximum absolute atomic E-state index is 14.4. The van der Waals surface area contributed by atoms with Gasteiger partial charge in [-0.3, -0.25) is 14.3 Å². The predicted octanol–water partition coefficient (Wildman–Crippen LogP) is -0.831. The van der Waals surface area contributed by atoms with E-state index in [1.807, 2.05) is 4.98 Å². The van der Waals surface area contributed by atoms with Crippen LogP contribution in [-0.4, -0.2) is 44.2 Å². The zero-order valence-corrected chi connectivity index (χ0v) is 10.6. The molecule has 1 aromatic rings. The number of halogens is 2. The van der Waals surface area contributed by atoms with E-state index < -0.39 is 42.0 Å². The van der Waals surface area contributed by atoms with Crippen LogP contribution >= 0.6 is 11.6 Å². The lowest BCUT2D eigenvalue weighted by molar-refractivity contribution is -0.0611. The number of aromatic nitrogens is 2. The summed E-state index contributed by atoms with van der Waals surface area (Å²) in [4.78, 5) is 24.7. The molecule has 1 fully saturated rings. The van der Waals surface area contributed by atoms with Gasteiger partial charge in [-0.1, -0.05) is 11.6 Å². The van der Waals surface area contributed by atoms with Crippen molar-refractivity contribution in [2.45, 2.75) is 31.0 Å². The van der Waals surface area contributed by atoms with Crippen LogP contribution in [0.3, 0.4) is 0 Å². The highest BCUT2D eigenvalue weighted by molar-refractivity contribution is 6.30. The molecule has 9 heteroatoms. The molecule has 4 atom stereocenters. The molecular weight excluding hydrogens is 283 g/mol. The normalized spacial score (nSPS) is 34.7. The van der Waals surface area contributed by atoms with E-state index >= 15 is 0 Å². The van der Waals surface area contributed by atoms with Crippen LogP contribution < -0.4 is 11.2 Å². The van der Waals surface area contributed by atoms with Crippen LogP contribution in [0.25, 0.3) is 0 Å². The van der Waals surface area contributed by atoms with Crippen molar-refractivity contribution < 1.29 is 19.3 Å². The standard InChI is InChI=1S/C10H12ClFN2O5/c1-10(12)6(16)5(3-15)19-8(10)14-2-4(11)7(17)13-9(14)18/h2,5-6,8,15-16H,3H2,1H3,(H,13,17,18)/t5-,6-,8-,10-/m1/s1. The largest absolute Gasteiger partial charge is 0.394 e. The number of rotatable bonds is 2. The maximum Gasteiger partial charge on any atom is 0.330 e. The Labute approximate surface area is 111 Å². The van der Waals surface area contributed by atoms with Gasteiger partial charge in [0.1, 0.15) is 17.2 Å². The van der Waals surface area contributed by atoms with Gasteiger partial charge in [0.05, 0.1) is 6.61 Å². The lowest BCUT2D eigenvalue weighted by atomic mass is 9.98. The van der Waals surface area contributed by atoms with Crippen molar-refractivity contribution in [1.82, 2.24) is 9.55 Å². The second-order valence-electron chi connectivity index (χ2n) is 4.45. The van der Waals surface area contributed by atoms with Crippen molar-refractivity contribution in [3.63, 3.8) is 0 Å². The van der Waals surface area contributed by atoms with Crippen LogP contribution in [-0.2, 0) is 4.74 Å². The van der Waals surface area contributed by atoms with E-state index in [4.69, 9.17) is 21.4 Å². The van der Waals surface area contributed by atoms with Gasteiger partial charge in [0.2, 0.25) is 0 Å². The first-order valence-electron chi connectivity index (χ1n) is 5.43. The van der Waals surface area contributed by atoms with Gasteiger partial charge < -0.3 is 14.9 Å². The lowest BCUT2D eigenvalue weighted by Gasteiger charge is -2.24. The molecule has 1 aromatic heterocycles. The number of hydrogen-bond acceptors (Lipinski definition) is 5. The van der Waals surface area contributed by atoms with Gasteiger partial charge in [-0.15, -0.1) is 0 Å². The van der Waals surface area contributed by atoms with Crippen molar-refractivity contribution in [3.05, 3.63) is 32.1 Å². The number of hydrogen-bond donors (Lipinski definition) is 3. The van der Waals surface area contributed by atoms with Gasteiger partial charge in [-0.05, 0) is 6.92 Å². The van der Waals surface area contributed by atoms with Crippen molar-refractivity contribution in [1.29, 1.82) is 0 Å². The number of H-pyrrole nitrogens is 1. The SMILES string of the molecule is C[C@@]1(F)[C@H](O)[C@@H](CO)O[C@H]1n1cc(Cl)c(=O)[nH]c1=O. The number of alkyl halides is 1. The summed E-state index contributed by atoms with van der Waals surface area (Å²) in [6.45, 7) is 0.423. The fourth-order valence-corrected chi connectivity index (χ4v) is 2.15. The summed E-state index contributed by atoms with van der Waals surface area (Å²) in [5.74, 6) is 0.